The van der Waals surface area contributed by atoms with Crippen LogP contribution in [0.1, 0.15) is 36.2 Å². The van der Waals surface area contributed by atoms with Gasteiger partial charge in [-0.25, -0.2) is 4.79 Å². The number of hydrogen-bond donors (Lipinski definition) is 1. The van der Waals surface area contributed by atoms with E-state index in [9.17, 15) is 9.90 Å². The number of hydrogen-bond acceptors (Lipinski definition) is 3. The highest BCUT2D eigenvalue weighted by atomic mass is 16.6. The summed E-state index contributed by atoms with van der Waals surface area (Å²) in [6.45, 7) is -0.608. The van der Waals surface area contributed by atoms with E-state index in [2.05, 4.69) is 0 Å². The maximum Gasteiger partial charge on any atom is 0.343 e. The minimum Gasteiger partial charge on any atom is -0.454 e. The number of aliphatic hydroxyl groups is 1. The molecule has 0 saturated carbocycles. The highest BCUT2D eigenvalue weighted by Gasteiger charge is 2.51. The Kier molecular flexibility index (Phi) is 3.78. The van der Waals surface area contributed by atoms with Crippen molar-refractivity contribution in [1.82, 2.24) is 0 Å². The first-order valence-corrected chi connectivity index (χ1v) is 9.76. The summed E-state index contributed by atoms with van der Waals surface area (Å²) in [6.07, 6.45) is 16.5. The van der Waals surface area contributed by atoms with Crippen LogP contribution >= 0.6 is 0 Å². The number of nitrogens with zero attached hydrogens (tertiary/aromatic N) is 1. The second-order valence-electron chi connectivity index (χ2n) is 8.12. The first-order chi connectivity index (χ1) is 13.8. The van der Waals surface area contributed by atoms with Gasteiger partial charge < -0.3 is 14.3 Å². The Balaban J connectivity index is 1.59. The maximum absolute atomic E-state index is 13.4. The third kappa shape index (κ3) is 3.10. The average molecular weight is 363 g/mol. The van der Waals surface area contributed by atoms with Gasteiger partial charge >= 0.3 is 5.97 Å². The van der Waals surface area contributed by atoms with Crippen molar-refractivity contribution in [2.75, 3.05) is 26.6 Å². The van der Waals surface area contributed by atoms with Crippen LogP contribution in [0, 0.1) is 11.8 Å². The molecule has 3 atom stereocenters. The lowest BCUT2D eigenvalue weighted by atomic mass is 9.75. The van der Waals surface area contributed by atoms with E-state index in [0.29, 0.717) is 31.6 Å². The summed E-state index contributed by atoms with van der Waals surface area (Å²) in [4.78, 5) is 13.4. The molecule has 4 heteroatoms. The summed E-state index contributed by atoms with van der Waals surface area (Å²) in [5.41, 5.74) is -1.17. The van der Waals surface area contributed by atoms with Crippen molar-refractivity contribution in [1.29, 1.82) is 0 Å². The van der Waals surface area contributed by atoms with Crippen molar-refractivity contribution in [2.24, 2.45) is 11.8 Å². The Hall–Kier alpha value is -1.65. The van der Waals surface area contributed by atoms with Gasteiger partial charge in [0, 0.05) is 24.7 Å². The molecule has 140 valence electrons. The van der Waals surface area contributed by atoms with Crippen LogP contribution in [0.4, 0.5) is 0 Å². The van der Waals surface area contributed by atoms with Gasteiger partial charge in [-0.1, -0.05) is 42.5 Å². The third-order valence-corrected chi connectivity index (χ3v) is 6.43. The molecule has 3 unspecified atom stereocenters. The molecule has 3 saturated heterocycles. The Morgan fingerprint density at radius 3 is 2.81 bits per heavy atom. The molecule has 0 radical (unpaired) electrons. The Morgan fingerprint density at radius 2 is 2.15 bits per heavy atom. The lowest BCUT2D eigenvalue weighted by molar-refractivity contribution is -0.928. The molecule has 3 fully saturated rings. The van der Waals surface area contributed by atoms with Crippen LogP contribution in [-0.4, -0.2) is 53.9 Å². The fourth-order valence-corrected chi connectivity index (χ4v) is 4.76. The molecule has 4 nitrogen and oxygen atoms in total. The largest absolute Gasteiger partial charge is 0.454 e. The monoisotopic (exact) mass is 362 g/mol. The molecular weight excluding hydrogens is 326 g/mol. The molecule has 0 aromatic heterocycles. The summed E-state index contributed by atoms with van der Waals surface area (Å²) in [6, 6.07) is 0. The Labute approximate surface area is 160 Å². The van der Waals surface area contributed by atoms with E-state index in [1.165, 1.54) is 0 Å². The van der Waals surface area contributed by atoms with Gasteiger partial charge in [0.05, 0.1) is 24.2 Å². The van der Waals surface area contributed by atoms with Crippen molar-refractivity contribution >= 4 is 5.97 Å². The number of carbonyl (C=O) groups excluding carboxylic acids is 1. The molecule has 3 aliphatic heterocycles. The first kappa shape index (κ1) is 14.4. The number of ether oxygens (including phenoxy) is 1. The number of fused-ring (bicyclic) bond motifs is 3. The second-order valence-corrected chi connectivity index (χ2v) is 8.12. The zero-order valence-corrected chi connectivity index (χ0v) is 15.1. The first-order valence-electron chi connectivity index (χ1n) is 11.3. The summed E-state index contributed by atoms with van der Waals surface area (Å²) >= 11 is 0. The topological polar surface area (TPSA) is 46.5 Å². The maximum atomic E-state index is 13.4. The summed E-state index contributed by atoms with van der Waals surface area (Å²) in [7, 11) is 0. The predicted molar refractivity (Wildman–Crippen MR) is 101 cm³/mol. The van der Waals surface area contributed by atoms with Gasteiger partial charge in [-0.05, 0) is 24.8 Å². The predicted octanol–water partition coefficient (Wildman–Crippen LogP) is 2.91. The lowest BCUT2D eigenvalue weighted by Gasteiger charge is -2.50. The summed E-state index contributed by atoms with van der Waals surface area (Å²) in [5.74, 6) is -0.883. The average Bonchev–Trinajstić information content (AvgIpc) is 2.74. The number of carbonyl (C=O) groups is 1. The molecule has 0 amide bonds. The van der Waals surface area contributed by atoms with Gasteiger partial charge in [-0.15, -0.1) is 0 Å². The van der Waals surface area contributed by atoms with Crippen LogP contribution in [0.25, 0.3) is 0 Å². The molecule has 0 aromatic carbocycles. The zero-order valence-electron chi connectivity index (χ0n) is 18.1. The van der Waals surface area contributed by atoms with Gasteiger partial charge in [-0.3, -0.25) is 0 Å². The molecule has 2 aliphatic carbocycles. The number of esters is 1. The molecule has 3 heterocycles. The van der Waals surface area contributed by atoms with E-state index >= 15 is 0 Å². The standard InChI is InChI=1S/C22H30NO3/c1-23-14-12-17(13-15-23)20(16-23)26-21(24)22(25,18-8-4-2-5-9-18)19-10-6-3-7-11-19/h2,4-6,8,10-11,17-18,20,25H,3,7,9,12-16H2,1H3/q+1/i1T3. The number of rotatable bonds is 4. The lowest BCUT2D eigenvalue weighted by Crippen LogP contribution is -2.63. The van der Waals surface area contributed by atoms with E-state index in [1.807, 2.05) is 42.5 Å². The van der Waals surface area contributed by atoms with E-state index in [4.69, 9.17) is 8.85 Å². The van der Waals surface area contributed by atoms with E-state index in [-0.39, 0.29) is 10.4 Å². The Bertz CT molecular complexity index is 775. The molecule has 5 aliphatic rings. The van der Waals surface area contributed by atoms with Crippen molar-refractivity contribution in [3.8, 4) is 0 Å². The van der Waals surface area contributed by atoms with E-state index in [0.717, 1.165) is 25.7 Å². The zero-order chi connectivity index (χ0) is 20.7. The SMILES string of the molecule is [3H]C([3H])([3H])[N+]12CCC(CC1)C(OC(=O)C(O)(C1=CCCC=C1)C1C=CC=CC1)C2. The van der Waals surface area contributed by atoms with Gasteiger partial charge in [0.1, 0.15) is 6.54 Å². The minimum atomic E-state index is -2.11. The van der Waals surface area contributed by atoms with Gasteiger partial charge in [0.2, 0.25) is 0 Å². The van der Waals surface area contributed by atoms with Crippen LogP contribution in [0.2, 0.25) is 0 Å². The van der Waals surface area contributed by atoms with E-state index in [1.54, 1.807) is 0 Å². The highest BCUT2D eigenvalue weighted by molar-refractivity contribution is 5.85. The smallest absolute Gasteiger partial charge is 0.343 e. The van der Waals surface area contributed by atoms with Crippen LogP contribution in [0.5, 0.6) is 0 Å². The normalized spacial score (nSPS) is 40.1. The number of quaternary nitrogens is 1. The quantitative estimate of drug-likeness (QED) is 0.618. The fourth-order valence-electron chi connectivity index (χ4n) is 4.76. The van der Waals surface area contributed by atoms with Crippen LogP contribution in [0.3, 0.4) is 0 Å². The van der Waals surface area contributed by atoms with Gasteiger partial charge in [0.15, 0.2) is 11.7 Å². The van der Waals surface area contributed by atoms with Crippen LogP contribution in [-0.2, 0) is 9.53 Å². The Morgan fingerprint density at radius 1 is 1.31 bits per heavy atom. The van der Waals surface area contributed by atoms with E-state index < -0.39 is 30.6 Å². The molecule has 1 N–H and O–H groups in total. The van der Waals surface area contributed by atoms with Crippen LogP contribution in [0.15, 0.2) is 48.1 Å². The molecule has 0 spiro atoms. The molecular formula is C22H30NO3+. The molecule has 0 aromatic rings. The minimum absolute atomic E-state index is 0.00848. The second kappa shape index (κ2) is 6.82. The van der Waals surface area contributed by atoms with Crippen molar-refractivity contribution in [3.63, 3.8) is 0 Å². The summed E-state index contributed by atoms with van der Waals surface area (Å²) in [5, 5.41) is 11.7. The summed E-state index contributed by atoms with van der Waals surface area (Å²) < 4.78 is 29.9. The molecule has 26 heavy (non-hydrogen) atoms. The number of allylic oxidation sites excluding steroid dienone is 5. The van der Waals surface area contributed by atoms with Crippen molar-refractivity contribution in [2.45, 2.75) is 43.8 Å². The molecule has 5 rings (SSSR count). The van der Waals surface area contributed by atoms with Gasteiger partial charge in [-0.2, -0.15) is 0 Å². The fraction of sp³-hybridized carbons (Fsp3) is 0.591. The van der Waals surface area contributed by atoms with Crippen molar-refractivity contribution < 1.29 is 23.2 Å². The third-order valence-electron chi connectivity index (χ3n) is 6.43. The number of likely N-dealkylation sites (N-methyl/N-ethyl adjacent to an activating group) is 1. The van der Waals surface area contributed by atoms with Crippen LogP contribution < -0.4 is 0 Å². The highest BCUT2D eigenvalue weighted by Crippen LogP contribution is 2.39. The number of piperidine rings is 3. The van der Waals surface area contributed by atoms with Crippen molar-refractivity contribution in [3.05, 3.63) is 48.1 Å². The van der Waals surface area contributed by atoms with Gasteiger partial charge in [0.25, 0.3) is 0 Å². The molecule has 2 bridgehead atoms.